The molecule has 3 heteroatoms. The molecule has 0 radical (unpaired) electrons. The van der Waals surface area contributed by atoms with Crippen LogP contribution in [-0.4, -0.2) is 12.3 Å². The summed E-state index contributed by atoms with van der Waals surface area (Å²) < 4.78 is 1.00. The van der Waals surface area contributed by atoms with Gasteiger partial charge < -0.3 is 10.5 Å². The van der Waals surface area contributed by atoms with Crippen molar-refractivity contribution < 1.29 is 4.79 Å². The first kappa shape index (κ1) is 9.42. The molecule has 1 unspecified atom stereocenters. The molecule has 0 aromatic heterocycles. The molecule has 0 bridgehead atoms. The number of nitrogens with two attached hydrogens (primary N) is 1. The molecule has 0 heterocycles. The minimum Gasteiger partial charge on any atom is -0.321 e. The molecule has 0 saturated carbocycles. The van der Waals surface area contributed by atoms with E-state index < -0.39 is 6.04 Å². The van der Waals surface area contributed by atoms with Gasteiger partial charge in [0, 0.05) is 4.47 Å². The highest BCUT2D eigenvalue weighted by Gasteiger charge is 2.03. The molecule has 0 spiro atoms. The van der Waals surface area contributed by atoms with Crippen LogP contribution in [0.2, 0.25) is 0 Å². The number of carbonyl (C=O) groups excluding carboxylic acids is 1. The van der Waals surface area contributed by atoms with Gasteiger partial charge in [-0.25, -0.2) is 0 Å². The van der Waals surface area contributed by atoms with E-state index in [1.807, 2.05) is 24.3 Å². The van der Waals surface area contributed by atoms with Gasteiger partial charge in [-0.15, -0.1) is 0 Å². The minimum atomic E-state index is -0.399. The van der Waals surface area contributed by atoms with E-state index in [1.165, 1.54) is 0 Å². The van der Waals surface area contributed by atoms with Crippen LogP contribution in [0.15, 0.2) is 28.7 Å². The van der Waals surface area contributed by atoms with Crippen molar-refractivity contribution in [3.8, 4) is 0 Å². The Kier molecular flexibility index (Phi) is 3.44. The molecule has 0 aliphatic rings. The number of rotatable bonds is 3. The van der Waals surface area contributed by atoms with Gasteiger partial charge in [0.1, 0.15) is 6.29 Å². The van der Waals surface area contributed by atoms with Crippen molar-refractivity contribution in [1.29, 1.82) is 0 Å². The predicted octanol–water partition coefficient (Wildman–Crippen LogP) is 1.52. The fourth-order valence-electron chi connectivity index (χ4n) is 0.966. The van der Waals surface area contributed by atoms with Crippen molar-refractivity contribution in [2.24, 2.45) is 5.73 Å². The number of hydrogen-bond donors (Lipinski definition) is 1. The lowest BCUT2D eigenvalue weighted by Gasteiger charge is -2.05. The van der Waals surface area contributed by atoms with Crippen LogP contribution in [0.3, 0.4) is 0 Å². The van der Waals surface area contributed by atoms with E-state index in [9.17, 15) is 4.79 Å². The Morgan fingerprint density at radius 1 is 1.50 bits per heavy atom. The van der Waals surface area contributed by atoms with Gasteiger partial charge in [-0.1, -0.05) is 34.1 Å². The van der Waals surface area contributed by atoms with Gasteiger partial charge in [0.15, 0.2) is 0 Å². The third kappa shape index (κ3) is 2.43. The average Bonchev–Trinajstić information content (AvgIpc) is 2.09. The summed E-state index contributed by atoms with van der Waals surface area (Å²) in [6, 6.07) is 7.35. The zero-order valence-corrected chi connectivity index (χ0v) is 8.12. The van der Waals surface area contributed by atoms with Crippen LogP contribution in [0.4, 0.5) is 0 Å². The van der Waals surface area contributed by atoms with E-state index in [4.69, 9.17) is 5.73 Å². The van der Waals surface area contributed by atoms with E-state index in [1.54, 1.807) is 0 Å². The third-order valence-electron chi connectivity index (χ3n) is 1.59. The molecule has 1 aromatic carbocycles. The summed E-state index contributed by atoms with van der Waals surface area (Å²) in [6.45, 7) is 0. The largest absolute Gasteiger partial charge is 0.321 e. The summed E-state index contributed by atoms with van der Waals surface area (Å²) in [5, 5.41) is 0. The lowest BCUT2D eigenvalue weighted by molar-refractivity contribution is -0.108. The molecule has 12 heavy (non-hydrogen) atoms. The summed E-state index contributed by atoms with van der Waals surface area (Å²) in [5.41, 5.74) is 6.55. The smallest absolute Gasteiger partial charge is 0.137 e. The fourth-order valence-corrected chi connectivity index (χ4v) is 1.41. The minimum absolute atomic E-state index is 0.399. The Balaban J connectivity index is 2.75. The first-order chi connectivity index (χ1) is 5.74. The molecule has 1 aromatic rings. The van der Waals surface area contributed by atoms with Crippen LogP contribution < -0.4 is 5.73 Å². The summed E-state index contributed by atoms with van der Waals surface area (Å²) in [5.74, 6) is 0. The number of carbonyl (C=O) groups is 1. The van der Waals surface area contributed by atoms with Crippen molar-refractivity contribution >= 4 is 22.2 Å². The van der Waals surface area contributed by atoms with Crippen LogP contribution in [-0.2, 0) is 11.2 Å². The topological polar surface area (TPSA) is 43.1 Å². The lowest BCUT2D eigenvalue weighted by atomic mass is 10.1. The number of hydrogen-bond acceptors (Lipinski definition) is 2. The molecule has 1 atom stereocenters. The second-order valence-corrected chi connectivity index (χ2v) is 3.45. The maximum atomic E-state index is 10.3. The first-order valence-electron chi connectivity index (χ1n) is 3.68. The summed E-state index contributed by atoms with van der Waals surface area (Å²) >= 11 is 3.38. The molecule has 2 N–H and O–H groups in total. The van der Waals surface area contributed by atoms with Crippen LogP contribution in [0.5, 0.6) is 0 Å². The van der Waals surface area contributed by atoms with Gasteiger partial charge >= 0.3 is 0 Å². The third-order valence-corrected chi connectivity index (χ3v) is 2.36. The van der Waals surface area contributed by atoms with Crippen LogP contribution >= 0.6 is 15.9 Å². The molecule has 0 aliphatic carbocycles. The van der Waals surface area contributed by atoms with Crippen LogP contribution in [0.25, 0.3) is 0 Å². The monoisotopic (exact) mass is 227 g/mol. The van der Waals surface area contributed by atoms with E-state index in [2.05, 4.69) is 15.9 Å². The zero-order chi connectivity index (χ0) is 8.97. The number of halogens is 1. The average molecular weight is 228 g/mol. The molecular formula is C9H10BrNO. The Hall–Kier alpha value is -0.670. The van der Waals surface area contributed by atoms with Crippen molar-refractivity contribution in [2.75, 3.05) is 0 Å². The second kappa shape index (κ2) is 4.38. The normalized spacial score (nSPS) is 12.5. The Bertz CT molecular complexity index is 275. The summed E-state index contributed by atoms with van der Waals surface area (Å²) in [4.78, 5) is 10.3. The molecule has 64 valence electrons. The maximum absolute atomic E-state index is 10.3. The molecule has 0 saturated heterocycles. The van der Waals surface area contributed by atoms with Gasteiger partial charge in [-0.2, -0.15) is 0 Å². The molecule has 0 amide bonds. The van der Waals surface area contributed by atoms with E-state index >= 15 is 0 Å². The van der Waals surface area contributed by atoms with Crippen molar-refractivity contribution in [3.05, 3.63) is 34.3 Å². The Morgan fingerprint density at radius 3 is 2.75 bits per heavy atom. The predicted molar refractivity (Wildman–Crippen MR) is 51.9 cm³/mol. The van der Waals surface area contributed by atoms with Crippen molar-refractivity contribution in [2.45, 2.75) is 12.5 Å². The van der Waals surface area contributed by atoms with Crippen molar-refractivity contribution in [1.82, 2.24) is 0 Å². The summed E-state index contributed by atoms with van der Waals surface area (Å²) in [7, 11) is 0. The molecule has 0 aliphatic heterocycles. The quantitative estimate of drug-likeness (QED) is 0.797. The Labute approximate surface area is 79.9 Å². The lowest BCUT2D eigenvalue weighted by Crippen LogP contribution is -2.24. The molecular weight excluding hydrogens is 218 g/mol. The van der Waals surface area contributed by atoms with Crippen LogP contribution in [0.1, 0.15) is 5.56 Å². The highest BCUT2D eigenvalue weighted by atomic mass is 79.9. The SMILES string of the molecule is NC(C=O)Cc1ccccc1Br. The van der Waals surface area contributed by atoms with E-state index in [0.717, 1.165) is 16.3 Å². The Morgan fingerprint density at radius 2 is 2.17 bits per heavy atom. The molecule has 0 fully saturated rings. The number of aldehydes is 1. The van der Waals surface area contributed by atoms with Gasteiger partial charge in [-0.05, 0) is 18.1 Å². The molecule has 1 rings (SSSR count). The van der Waals surface area contributed by atoms with Gasteiger partial charge in [0.2, 0.25) is 0 Å². The van der Waals surface area contributed by atoms with E-state index in [0.29, 0.717) is 6.42 Å². The fraction of sp³-hybridized carbons (Fsp3) is 0.222. The number of benzene rings is 1. The van der Waals surface area contributed by atoms with Crippen LogP contribution in [0, 0.1) is 0 Å². The van der Waals surface area contributed by atoms with Crippen molar-refractivity contribution in [3.63, 3.8) is 0 Å². The first-order valence-corrected chi connectivity index (χ1v) is 4.47. The molecule has 2 nitrogen and oxygen atoms in total. The zero-order valence-electron chi connectivity index (χ0n) is 6.53. The standard InChI is InChI=1S/C9H10BrNO/c10-9-4-2-1-3-7(9)5-8(11)6-12/h1-4,6,8H,5,11H2. The van der Waals surface area contributed by atoms with E-state index in [-0.39, 0.29) is 0 Å². The highest BCUT2D eigenvalue weighted by molar-refractivity contribution is 9.10. The van der Waals surface area contributed by atoms with Gasteiger partial charge in [0.05, 0.1) is 6.04 Å². The highest BCUT2D eigenvalue weighted by Crippen LogP contribution is 2.16. The second-order valence-electron chi connectivity index (χ2n) is 2.60. The maximum Gasteiger partial charge on any atom is 0.137 e. The van der Waals surface area contributed by atoms with Gasteiger partial charge in [0.25, 0.3) is 0 Å². The van der Waals surface area contributed by atoms with Gasteiger partial charge in [-0.3, -0.25) is 0 Å². The summed E-state index contributed by atoms with van der Waals surface area (Å²) in [6.07, 6.45) is 1.35.